The van der Waals surface area contributed by atoms with E-state index in [2.05, 4.69) is 240 Å². The summed E-state index contributed by atoms with van der Waals surface area (Å²) in [7, 11) is 0. The van der Waals surface area contributed by atoms with Crippen LogP contribution in [0.5, 0.6) is 0 Å². The summed E-state index contributed by atoms with van der Waals surface area (Å²) in [5.74, 6) is 0. The first-order chi connectivity index (χ1) is 27.8. The maximum Gasteiger partial charge on any atom is 0.0541 e. The van der Waals surface area contributed by atoms with E-state index in [1.54, 1.807) is 0 Å². The molecule has 9 aromatic carbocycles. The molecule has 0 fully saturated rings. The summed E-state index contributed by atoms with van der Waals surface area (Å²) < 4.78 is 2.41. The maximum atomic E-state index is 2.41. The molecule has 264 valence electrons. The van der Waals surface area contributed by atoms with Gasteiger partial charge in [0, 0.05) is 33.4 Å². The van der Waals surface area contributed by atoms with Crippen LogP contribution in [0, 0.1) is 0 Å². The first-order valence-corrected chi connectivity index (χ1v) is 19.2. The average Bonchev–Trinajstić information content (AvgIpc) is 3.62. The van der Waals surface area contributed by atoms with Crippen molar-refractivity contribution in [2.45, 2.75) is 0 Å². The third-order valence-corrected chi connectivity index (χ3v) is 10.8. The molecule has 10 aromatic rings. The summed E-state index contributed by atoms with van der Waals surface area (Å²) in [6.07, 6.45) is 0. The fourth-order valence-electron chi connectivity index (χ4n) is 8.10. The molecule has 0 aliphatic rings. The summed E-state index contributed by atoms with van der Waals surface area (Å²) in [6.45, 7) is 0. The van der Waals surface area contributed by atoms with Crippen LogP contribution in [-0.4, -0.2) is 4.57 Å². The largest absolute Gasteiger partial charge is 0.310 e. The van der Waals surface area contributed by atoms with Gasteiger partial charge in [0.15, 0.2) is 0 Å². The molecule has 0 aliphatic heterocycles. The van der Waals surface area contributed by atoms with Crippen LogP contribution in [0.3, 0.4) is 0 Å². The molecule has 0 aliphatic carbocycles. The zero-order valence-corrected chi connectivity index (χ0v) is 30.8. The minimum atomic E-state index is 1.09. The minimum Gasteiger partial charge on any atom is -0.310 e. The fourth-order valence-corrected chi connectivity index (χ4v) is 8.10. The predicted octanol–water partition coefficient (Wildman–Crippen LogP) is 14.9. The highest BCUT2D eigenvalue weighted by molar-refractivity contribution is 6.09. The lowest BCUT2D eigenvalue weighted by molar-refractivity contribution is 1.18. The summed E-state index contributed by atoms with van der Waals surface area (Å²) >= 11 is 0. The van der Waals surface area contributed by atoms with E-state index in [4.69, 9.17) is 0 Å². The summed E-state index contributed by atoms with van der Waals surface area (Å²) in [6, 6.07) is 83.1. The zero-order chi connectivity index (χ0) is 37.3. The molecule has 0 saturated heterocycles. The molecule has 1 heterocycles. The molecule has 56 heavy (non-hydrogen) atoms. The van der Waals surface area contributed by atoms with E-state index in [9.17, 15) is 0 Å². The van der Waals surface area contributed by atoms with E-state index in [0.717, 1.165) is 28.3 Å². The van der Waals surface area contributed by atoms with Crippen molar-refractivity contribution in [2.75, 3.05) is 4.90 Å². The molecule has 0 saturated carbocycles. The number of benzene rings is 9. The standard InChI is InChI=1S/C54H38N2/c1-4-16-39(17-5-1)41-28-32-46(33-29-41)55(52-25-13-10-22-49(52)43-20-8-3-9-21-43)47-34-30-42(31-35-47)45-36-44(40-18-6-2-7-19-40)37-48(38-45)56-53-26-14-11-23-50(53)51-24-12-15-27-54(51)56/h1-38H. The molecule has 1 aromatic heterocycles. The van der Waals surface area contributed by atoms with Gasteiger partial charge in [-0.3, -0.25) is 0 Å². The van der Waals surface area contributed by atoms with Crippen molar-refractivity contribution in [1.29, 1.82) is 0 Å². The van der Waals surface area contributed by atoms with E-state index in [1.807, 2.05) is 0 Å². The quantitative estimate of drug-likeness (QED) is 0.152. The van der Waals surface area contributed by atoms with Gasteiger partial charge in [0.1, 0.15) is 0 Å². The Morgan fingerprint density at radius 3 is 1.21 bits per heavy atom. The van der Waals surface area contributed by atoms with Crippen LogP contribution in [0.25, 0.3) is 72.0 Å². The van der Waals surface area contributed by atoms with Gasteiger partial charge in [0.05, 0.1) is 16.7 Å². The molecule has 0 spiro atoms. The minimum absolute atomic E-state index is 1.09. The number of rotatable bonds is 8. The maximum absolute atomic E-state index is 2.41. The summed E-state index contributed by atoms with van der Waals surface area (Å²) in [4.78, 5) is 2.38. The van der Waals surface area contributed by atoms with E-state index >= 15 is 0 Å². The van der Waals surface area contributed by atoms with Crippen LogP contribution in [-0.2, 0) is 0 Å². The molecule has 0 N–H and O–H groups in total. The van der Waals surface area contributed by atoms with Crippen LogP contribution in [0.15, 0.2) is 231 Å². The zero-order valence-electron chi connectivity index (χ0n) is 30.8. The Morgan fingerprint density at radius 1 is 0.286 bits per heavy atom. The molecule has 2 heteroatoms. The smallest absolute Gasteiger partial charge is 0.0541 e. The van der Waals surface area contributed by atoms with Crippen molar-refractivity contribution >= 4 is 38.9 Å². The molecule has 2 nitrogen and oxygen atoms in total. The Balaban J connectivity index is 1.11. The molecule has 0 atom stereocenters. The van der Waals surface area contributed by atoms with E-state index in [0.29, 0.717) is 0 Å². The van der Waals surface area contributed by atoms with Gasteiger partial charge in [0.2, 0.25) is 0 Å². The first kappa shape index (κ1) is 33.2. The highest BCUT2D eigenvalue weighted by atomic mass is 15.1. The van der Waals surface area contributed by atoms with Gasteiger partial charge in [-0.05, 0) is 99.6 Å². The molecule has 0 radical (unpaired) electrons. The number of fused-ring (bicyclic) bond motifs is 3. The van der Waals surface area contributed by atoms with E-state index < -0.39 is 0 Å². The summed E-state index contributed by atoms with van der Waals surface area (Å²) in [5, 5.41) is 2.51. The van der Waals surface area contributed by atoms with Crippen molar-refractivity contribution < 1.29 is 0 Å². The van der Waals surface area contributed by atoms with Crippen LogP contribution in [0.2, 0.25) is 0 Å². The SMILES string of the molecule is c1ccc(-c2ccc(N(c3ccc(-c4cc(-c5ccccc5)cc(-n5c6ccccc6c6ccccc65)c4)cc3)c3ccccc3-c3ccccc3)cc2)cc1. The Labute approximate surface area is 327 Å². The van der Waals surface area contributed by atoms with Gasteiger partial charge in [0.25, 0.3) is 0 Å². The lowest BCUT2D eigenvalue weighted by Crippen LogP contribution is -2.11. The Morgan fingerprint density at radius 2 is 0.679 bits per heavy atom. The second-order valence-corrected chi connectivity index (χ2v) is 14.2. The topological polar surface area (TPSA) is 8.17 Å². The highest BCUT2D eigenvalue weighted by Crippen LogP contribution is 2.42. The molecule has 0 bridgehead atoms. The third-order valence-electron chi connectivity index (χ3n) is 10.8. The van der Waals surface area contributed by atoms with Gasteiger partial charge >= 0.3 is 0 Å². The van der Waals surface area contributed by atoms with Gasteiger partial charge in [-0.2, -0.15) is 0 Å². The van der Waals surface area contributed by atoms with Crippen molar-refractivity contribution in [1.82, 2.24) is 4.57 Å². The Bertz CT molecular complexity index is 2870. The van der Waals surface area contributed by atoms with Crippen LogP contribution >= 0.6 is 0 Å². The Kier molecular flexibility index (Phi) is 8.55. The van der Waals surface area contributed by atoms with Gasteiger partial charge in [-0.25, -0.2) is 0 Å². The number of nitrogens with zero attached hydrogens (tertiary/aromatic N) is 2. The van der Waals surface area contributed by atoms with Crippen molar-refractivity contribution in [3.63, 3.8) is 0 Å². The van der Waals surface area contributed by atoms with Crippen molar-refractivity contribution in [3.8, 4) is 50.2 Å². The molecular formula is C54H38N2. The number of hydrogen-bond acceptors (Lipinski definition) is 1. The normalized spacial score (nSPS) is 11.2. The van der Waals surface area contributed by atoms with Crippen molar-refractivity contribution in [3.05, 3.63) is 231 Å². The second kappa shape index (κ2) is 14.4. The van der Waals surface area contributed by atoms with Gasteiger partial charge < -0.3 is 9.47 Å². The number of hydrogen-bond donors (Lipinski definition) is 0. The summed E-state index contributed by atoms with van der Waals surface area (Å²) in [5.41, 5.74) is 16.3. The van der Waals surface area contributed by atoms with Crippen LogP contribution in [0.4, 0.5) is 17.1 Å². The molecular weight excluding hydrogens is 677 g/mol. The van der Waals surface area contributed by atoms with E-state index in [1.165, 1.54) is 60.8 Å². The van der Waals surface area contributed by atoms with E-state index in [-0.39, 0.29) is 0 Å². The van der Waals surface area contributed by atoms with Gasteiger partial charge in [-0.15, -0.1) is 0 Å². The molecule has 10 rings (SSSR count). The third kappa shape index (κ3) is 6.14. The number of aromatic nitrogens is 1. The van der Waals surface area contributed by atoms with Gasteiger partial charge in [-0.1, -0.05) is 170 Å². The van der Waals surface area contributed by atoms with Crippen LogP contribution < -0.4 is 4.90 Å². The Hall–Kier alpha value is -7.42. The van der Waals surface area contributed by atoms with Crippen LogP contribution in [0.1, 0.15) is 0 Å². The average molecular weight is 715 g/mol. The first-order valence-electron chi connectivity index (χ1n) is 19.2. The van der Waals surface area contributed by atoms with Crippen molar-refractivity contribution in [2.24, 2.45) is 0 Å². The highest BCUT2D eigenvalue weighted by Gasteiger charge is 2.19. The molecule has 0 amide bonds. The fraction of sp³-hybridized carbons (Fsp3) is 0. The lowest BCUT2D eigenvalue weighted by atomic mass is 9.97. The predicted molar refractivity (Wildman–Crippen MR) is 237 cm³/mol. The number of para-hydroxylation sites is 3. The lowest BCUT2D eigenvalue weighted by Gasteiger charge is -2.28. The second-order valence-electron chi connectivity index (χ2n) is 14.2. The molecule has 0 unspecified atom stereocenters. The monoisotopic (exact) mass is 714 g/mol. The number of anilines is 3.